The SMILES string of the molecule is CC(C)C(NCC1(C)CCCC1)C1CC1. The van der Waals surface area contributed by atoms with Crippen LogP contribution in [0.2, 0.25) is 0 Å². The summed E-state index contributed by atoms with van der Waals surface area (Å²) in [7, 11) is 0. The van der Waals surface area contributed by atoms with E-state index in [1.54, 1.807) is 0 Å². The van der Waals surface area contributed by atoms with Crippen molar-refractivity contribution in [2.45, 2.75) is 65.3 Å². The second-order valence-electron chi connectivity index (χ2n) is 6.51. The molecule has 0 aromatic heterocycles. The van der Waals surface area contributed by atoms with Gasteiger partial charge < -0.3 is 5.32 Å². The standard InChI is InChI=1S/C14H27N/c1-11(2)13(12-6-7-12)15-10-14(3)8-4-5-9-14/h11-13,15H,4-10H2,1-3H3. The second-order valence-corrected chi connectivity index (χ2v) is 6.51. The van der Waals surface area contributed by atoms with Crippen LogP contribution in [-0.2, 0) is 0 Å². The Morgan fingerprint density at radius 2 is 1.80 bits per heavy atom. The Labute approximate surface area is 95.0 Å². The van der Waals surface area contributed by atoms with Crippen molar-refractivity contribution in [3.8, 4) is 0 Å². The molecule has 15 heavy (non-hydrogen) atoms. The van der Waals surface area contributed by atoms with Crippen molar-refractivity contribution < 1.29 is 0 Å². The highest BCUT2D eigenvalue weighted by Crippen LogP contribution is 2.39. The minimum Gasteiger partial charge on any atom is -0.313 e. The molecule has 2 aliphatic rings. The third-order valence-electron chi connectivity index (χ3n) is 4.42. The summed E-state index contributed by atoms with van der Waals surface area (Å²) in [4.78, 5) is 0. The first kappa shape index (κ1) is 11.4. The Balaban J connectivity index is 1.79. The van der Waals surface area contributed by atoms with Crippen LogP contribution in [0, 0.1) is 17.3 Å². The average Bonchev–Trinajstić information content (AvgIpc) is 2.90. The third-order valence-corrected chi connectivity index (χ3v) is 4.42. The summed E-state index contributed by atoms with van der Waals surface area (Å²) in [6, 6.07) is 0.794. The third kappa shape index (κ3) is 2.96. The molecule has 0 heterocycles. The van der Waals surface area contributed by atoms with Crippen molar-refractivity contribution in [2.24, 2.45) is 17.3 Å². The van der Waals surface area contributed by atoms with Gasteiger partial charge in [0, 0.05) is 12.6 Å². The Bertz CT molecular complexity index is 197. The molecule has 1 nitrogen and oxygen atoms in total. The highest BCUT2D eigenvalue weighted by Gasteiger charge is 2.35. The maximum Gasteiger partial charge on any atom is 0.0118 e. The van der Waals surface area contributed by atoms with Crippen molar-refractivity contribution in [1.29, 1.82) is 0 Å². The van der Waals surface area contributed by atoms with Crippen molar-refractivity contribution in [3.63, 3.8) is 0 Å². The lowest BCUT2D eigenvalue weighted by Crippen LogP contribution is -2.41. The van der Waals surface area contributed by atoms with E-state index in [0.717, 1.165) is 17.9 Å². The van der Waals surface area contributed by atoms with E-state index in [1.807, 2.05) is 0 Å². The van der Waals surface area contributed by atoms with Crippen LogP contribution in [0.25, 0.3) is 0 Å². The lowest BCUT2D eigenvalue weighted by Gasteiger charge is -2.29. The van der Waals surface area contributed by atoms with Crippen LogP contribution in [-0.4, -0.2) is 12.6 Å². The lowest BCUT2D eigenvalue weighted by atomic mass is 9.87. The number of hydrogen-bond acceptors (Lipinski definition) is 1. The highest BCUT2D eigenvalue weighted by molar-refractivity contribution is 4.91. The topological polar surface area (TPSA) is 12.0 Å². The zero-order valence-electron chi connectivity index (χ0n) is 10.7. The van der Waals surface area contributed by atoms with Gasteiger partial charge in [0.1, 0.15) is 0 Å². The average molecular weight is 209 g/mol. The molecule has 0 aliphatic heterocycles. The summed E-state index contributed by atoms with van der Waals surface area (Å²) in [5.41, 5.74) is 0.613. The fraction of sp³-hybridized carbons (Fsp3) is 1.00. The molecule has 88 valence electrons. The van der Waals surface area contributed by atoms with E-state index in [9.17, 15) is 0 Å². The minimum absolute atomic E-state index is 0.613. The molecule has 1 heteroatoms. The first-order valence-corrected chi connectivity index (χ1v) is 6.84. The van der Waals surface area contributed by atoms with E-state index in [1.165, 1.54) is 45.1 Å². The molecule has 0 aromatic rings. The predicted molar refractivity (Wildman–Crippen MR) is 65.9 cm³/mol. The molecule has 2 saturated carbocycles. The molecule has 1 N–H and O–H groups in total. The first-order valence-electron chi connectivity index (χ1n) is 6.84. The smallest absolute Gasteiger partial charge is 0.0118 e. The minimum atomic E-state index is 0.613. The molecule has 1 atom stereocenters. The van der Waals surface area contributed by atoms with Crippen LogP contribution in [0.15, 0.2) is 0 Å². The van der Waals surface area contributed by atoms with Gasteiger partial charge in [0.05, 0.1) is 0 Å². The van der Waals surface area contributed by atoms with Gasteiger partial charge in [0.2, 0.25) is 0 Å². The number of nitrogens with one attached hydrogen (secondary N) is 1. The molecule has 0 spiro atoms. The molecule has 0 aromatic carbocycles. The van der Waals surface area contributed by atoms with Gasteiger partial charge in [-0.2, -0.15) is 0 Å². The van der Waals surface area contributed by atoms with E-state index in [4.69, 9.17) is 0 Å². The van der Waals surface area contributed by atoms with Gasteiger partial charge in [-0.15, -0.1) is 0 Å². The maximum absolute atomic E-state index is 3.86. The Hall–Kier alpha value is -0.0400. The van der Waals surface area contributed by atoms with Crippen LogP contribution >= 0.6 is 0 Å². The highest BCUT2D eigenvalue weighted by atomic mass is 14.9. The fourth-order valence-electron chi connectivity index (χ4n) is 3.17. The lowest BCUT2D eigenvalue weighted by molar-refractivity contribution is 0.262. The van der Waals surface area contributed by atoms with E-state index >= 15 is 0 Å². The second kappa shape index (κ2) is 4.45. The molecule has 2 rings (SSSR count). The van der Waals surface area contributed by atoms with Crippen molar-refractivity contribution >= 4 is 0 Å². The summed E-state index contributed by atoms with van der Waals surface area (Å²) in [6.45, 7) is 8.46. The molecule has 1 unspecified atom stereocenters. The van der Waals surface area contributed by atoms with Crippen molar-refractivity contribution in [2.75, 3.05) is 6.54 Å². The number of hydrogen-bond donors (Lipinski definition) is 1. The van der Waals surface area contributed by atoms with Crippen molar-refractivity contribution in [3.05, 3.63) is 0 Å². The normalized spacial score (nSPS) is 27.2. The van der Waals surface area contributed by atoms with E-state index in [2.05, 4.69) is 26.1 Å². The molecule has 0 amide bonds. The molecule has 2 fully saturated rings. The van der Waals surface area contributed by atoms with Gasteiger partial charge in [0.15, 0.2) is 0 Å². The van der Waals surface area contributed by atoms with Crippen LogP contribution in [0.3, 0.4) is 0 Å². The Kier molecular flexibility index (Phi) is 3.39. The van der Waals surface area contributed by atoms with Gasteiger partial charge >= 0.3 is 0 Å². The molecule has 0 saturated heterocycles. The quantitative estimate of drug-likeness (QED) is 0.729. The number of rotatable bonds is 5. The van der Waals surface area contributed by atoms with E-state index < -0.39 is 0 Å². The van der Waals surface area contributed by atoms with E-state index in [-0.39, 0.29) is 0 Å². The molecular formula is C14H27N. The zero-order valence-corrected chi connectivity index (χ0v) is 10.7. The van der Waals surface area contributed by atoms with Gasteiger partial charge in [-0.25, -0.2) is 0 Å². The van der Waals surface area contributed by atoms with Crippen LogP contribution in [0.4, 0.5) is 0 Å². The molecule has 0 bridgehead atoms. The monoisotopic (exact) mass is 209 g/mol. The van der Waals surface area contributed by atoms with Crippen LogP contribution in [0.5, 0.6) is 0 Å². The first-order chi connectivity index (χ1) is 7.11. The van der Waals surface area contributed by atoms with Crippen molar-refractivity contribution in [1.82, 2.24) is 5.32 Å². The van der Waals surface area contributed by atoms with Crippen LogP contribution in [0.1, 0.15) is 59.3 Å². The summed E-state index contributed by atoms with van der Waals surface area (Å²) in [6.07, 6.45) is 8.71. The Morgan fingerprint density at radius 1 is 1.20 bits per heavy atom. The summed E-state index contributed by atoms with van der Waals surface area (Å²) in [5.74, 6) is 1.80. The summed E-state index contributed by atoms with van der Waals surface area (Å²) < 4.78 is 0. The van der Waals surface area contributed by atoms with E-state index in [0.29, 0.717) is 5.41 Å². The van der Waals surface area contributed by atoms with Gasteiger partial charge in [-0.3, -0.25) is 0 Å². The maximum atomic E-state index is 3.86. The Morgan fingerprint density at radius 3 is 2.27 bits per heavy atom. The molecular weight excluding hydrogens is 182 g/mol. The zero-order chi connectivity index (χ0) is 10.9. The summed E-state index contributed by atoms with van der Waals surface area (Å²) >= 11 is 0. The molecule has 2 aliphatic carbocycles. The van der Waals surface area contributed by atoms with Gasteiger partial charge in [-0.1, -0.05) is 33.6 Å². The van der Waals surface area contributed by atoms with Gasteiger partial charge in [-0.05, 0) is 42.9 Å². The van der Waals surface area contributed by atoms with Crippen LogP contribution < -0.4 is 5.32 Å². The predicted octanol–water partition coefficient (Wildman–Crippen LogP) is 3.59. The molecule has 0 radical (unpaired) electrons. The summed E-state index contributed by atoms with van der Waals surface area (Å²) in [5, 5.41) is 3.86. The fourth-order valence-corrected chi connectivity index (χ4v) is 3.17. The van der Waals surface area contributed by atoms with Gasteiger partial charge in [0.25, 0.3) is 0 Å². The largest absolute Gasteiger partial charge is 0.313 e.